The first-order chi connectivity index (χ1) is 8.51. The summed E-state index contributed by atoms with van der Waals surface area (Å²) < 4.78 is 5.10. The van der Waals surface area contributed by atoms with Crippen LogP contribution in [0.2, 0.25) is 0 Å². The van der Waals surface area contributed by atoms with Gasteiger partial charge in [-0.2, -0.15) is 0 Å². The summed E-state index contributed by atoms with van der Waals surface area (Å²) in [7, 11) is 1.68. The highest BCUT2D eigenvalue weighted by atomic mass is 16.5. The van der Waals surface area contributed by atoms with Crippen molar-refractivity contribution in [1.82, 2.24) is 4.98 Å². The van der Waals surface area contributed by atoms with Crippen molar-refractivity contribution in [3.05, 3.63) is 22.9 Å². The number of aromatic nitrogens is 1. The summed E-state index contributed by atoms with van der Waals surface area (Å²) in [4.78, 5) is 6.61. The predicted octanol–water partition coefficient (Wildman–Crippen LogP) is 1.46. The zero-order valence-corrected chi connectivity index (χ0v) is 11.6. The summed E-state index contributed by atoms with van der Waals surface area (Å²) in [6, 6.07) is 1.95. The Bertz CT molecular complexity index is 431. The van der Waals surface area contributed by atoms with E-state index in [-0.39, 0.29) is 5.84 Å². The minimum absolute atomic E-state index is 0.0610. The summed E-state index contributed by atoms with van der Waals surface area (Å²) in [6.45, 7) is 8.13. The first-order valence-electron chi connectivity index (χ1n) is 6.07. The second-order valence-corrected chi connectivity index (χ2v) is 4.27. The summed E-state index contributed by atoms with van der Waals surface area (Å²) in [5, 5.41) is 7.71. The molecule has 0 fully saturated rings. The van der Waals surface area contributed by atoms with Gasteiger partial charge >= 0.3 is 0 Å². The number of nitrogens with two attached hydrogens (primary N) is 1. The first kappa shape index (κ1) is 14.4. The van der Waals surface area contributed by atoms with Crippen LogP contribution in [0.4, 0.5) is 5.82 Å². The lowest BCUT2D eigenvalue weighted by molar-refractivity contribution is 0.205. The number of hydrogen-bond donors (Lipinski definition) is 2. The van der Waals surface area contributed by atoms with Crippen molar-refractivity contribution >= 4 is 11.7 Å². The zero-order valence-electron chi connectivity index (χ0n) is 11.6. The molecule has 0 spiro atoms. The number of hydrogen-bond acceptors (Lipinski definition) is 4. The molecule has 0 aromatic carbocycles. The van der Waals surface area contributed by atoms with Crippen molar-refractivity contribution in [3.63, 3.8) is 0 Å². The smallest absolute Gasteiger partial charge is 0.140 e. The van der Waals surface area contributed by atoms with E-state index in [9.17, 15) is 0 Å². The molecule has 0 amide bonds. The van der Waals surface area contributed by atoms with Gasteiger partial charge in [0.25, 0.3) is 0 Å². The maximum absolute atomic E-state index is 7.71. The molecule has 100 valence electrons. The SMILES string of the molecule is CCN(CCOC)c1nc(C)cc(C)c1C(=N)N. The van der Waals surface area contributed by atoms with E-state index in [4.69, 9.17) is 15.9 Å². The van der Waals surface area contributed by atoms with E-state index < -0.39 is 0 Å². The third-order valence-electron chi connectivity index (χ3n) is 2.84. The molecule has 0 saturated carbocycles. The maximum atomic E-state index is 7.71. The number of nitrogens with zero attached hydrogens (tertiary/aromatic N) is 2. The van der Waals surface area contributed by atoms with Crippen molar-refractivity contribution in [1.29, 1.82) is 5.41 Å². The average Bonchev–Trinajstić information content (AvgIpc) is 2.28. The molecule has 0 aliphatic heterocycles. The fourth-order valence-electron chi connectivity index (χ4n) is 1.99. The lowest BCUT2D eigenvalue weighted by Crippen LogP contribution is -2.31. The Morgan fingerprint density at radius 2 is 2.17 bits per heavy atom. The van der Waals surface area contributed by atoms with E-state index in [0.29, 0.717) is 6.61 Å². The Morgan fingerprint density at radius 1 is 1.50 bits per heavy atom. The van der Waals surface area contributed by atoms with Gasteiger partial charge in [0.2, 0.25) is 0 Å². The van der Waals surface area contributed by atoms with Crippen LogP contribution in [0, 0.1) is 19.3 Å². The zero-order chi connectivity index (χ0) is 13.7. The second kappa shape index (κ2) is 6.35. The molecule has 0 aliphatic rings. The third kappa shape index (κ3) is 3.20. The normalized spacial score (nSPS) is 10.4. The van der Waals surface area contributed by atoms with E-state index >= 15 is 0 Å². The molecule has 5 nitrogen and oxygen atoms in total. The highest BCUT2D eigenvalue weighted by Gasteiger charge is 2.16. The Morgan fingerprint density at radius 3 is 2.67 bits per heavy atom. The molecule has 5 heteroatoms. The van der Waals surface area contributed by atoms with Gasteiger partial charge in [0, 0.05) is 25.9 Å². The van der Waals surface area contributed by atoms with Crippen molar-refractivity contribution in [2.45, 2.75) is 20.8 Å². The molecular weight excluding hydrogens is 228 g/mol. The highest BCUT2D eigenvalue weighted by Crippen LogP contribution is 2.22. The van der Waals surface area contributed by atoms with Crippen molar-refractivity contribution < 1.29 is 4.74 Å². The second-order valence-electron chi connectivity index (χ2n) is 4.27. The molecule has 18 heavy (non-hydrogen) atoms. The highest BCUT2D eigenvalue weighted by molar-refractivity contribution is 6.01. The van der Waals surface area contributed by atoms with Crippen LogP contribution in [0.1, 0.15) is 23.7 Å². The molecule has 1 aromatic heterocycles. The Hall–Kier alpha value is -1.62. The minimum atomic E-state index is 0.0610. The van der Waals surface area contributed by atoms with Gasteiger partial charge < -0.3 is 15.4 Å². The standard InChI is InChI=1S/C13H22N4O/c1-5-17(6-7-18-4)13-11(12(14)15)9(2)8-10(3)16-13/h8H,5-7H2,1-4H3,(H3,14,15). The molecule has 0 bridgehead atoms. The van der Waals surface area contributed by atoms with Gasteiger partial charge in [-0.25, -0.2) is 4.98 Å². The van der Waals surface area contributed by atoms with E-state index in [1.165, 1.54) is 0 Å². The van der Waals surface area contributed by atoms with Crippen molar-refractivity contribution in [3.8, 4) is 0 Å². The van der Waals surface area contributed by atoms with Crippen LogP contribution in [0.5, 0.6) is 0 Å². The molecule has 0 atom stereocenters. The predicted molar refractivity (Wildman–Crippen MR) is 74.5 cm³/mol. The summed E-state index contributed by atoms with van der Waals surface area (Å²) in [5.41, 5.74) is 8.31. The van der Waals surface area contributed by atoms with Gasteiger partial charge in [0.1, 0.15) is 11.7 Å². The number of pyridine rings is 1. The topological polar surface area (TPSA) is 75.2 Å². The van der Waals surface area contributed by atoms with Crippen LogP contribution in [0.25, 0.3) is 0 Å². The van der Waals surface area contributed by atoms with Crippen LogP contribution >= 0.6 is 0 Å². The summed E-state index contributed by atoms with van der Waals surface area (Å²) in [5.74, 6) is 0.838. The van der Waals surface area contributed by atoms with Crippen LogP contribution < -0.4 is 10.6 Å². The first-order valence-corrected chi connectivity index (χ1v) is 6.07. The van der Waals surface area contributed by atoms with Gasteiger partial charge in [0.05, 0.1) is 12.2 Å². The fourth-order valence-corrected chi connectivity index (χ4v) is 1.99. The number of nitrogens with one attached hydrogen (secondary N) is 1. The monoisotopic (exact) mass is 250 g/mol. The number of aryl methyl sites for hydroxylation is 2. The molecule has 1 aromatic rings. The van der Waals surface area contributed by atoms with Gasteiger partial charge in [0.15, 0.2) is 0 Å². The maximum Gasteiger partial charge on any atom is 0.140 e. The van der Waals surface area contributed by atoms with Crippen LogP contribution in [0.15, 0.2) is 6.07 Å². The van der Waals surface area contributed by atoms with E-state index in [1.807, 2.05) is 19.9 Å². The Labute approximate surface area is 108 Å². The number of rotatable bonds is 6. The lowest BCUT2D eigenvalue weighted by Gasteiger charge is -2.25. The number of anilines is 1. The van der Waals surface area contributed by atoms with Gasteiger partial charge in [-0.1, -0.05) is 0 Å². The van der Waals surface area contributed by atoms with E-state index in [1.54, 1.807) is 7.11 Å². The molecule has 1 heterocycles. The number of methoxy groups -OCH3 is 1. The fraction of sp³-hybridized carbons (Fsp3) is 0.538. The van der Waals surface area contributed by atoms with Crippen LogP contribution in [-0.4, -0.2) is 37.6 Å². The molecule has 0 radical (unpaired) electrons. The number of nitrogen functional groups attached to an aromatic ring is 1. The molecule has 0 saturated heterocycles. The Kier molecular flexibility index (Phi) is 5.09. The molecule has 3 N–H and O–H groups in total. The van der Waals surface area contributed by atoms with Gasteiger partial charge in [-0.15, -0.1) is 0 Å². The number of amidine groups is 1. The van der Waals surface area contributed by atoms with Gasteiger partial charge in [-0.05, 0) is 32.4 Å². The molecular formula is C13H22N4O. The van der Waals surface area contributed by atoms with Crippen molar-refractivity contribution in [2.24, 2.45) is 5.73 Å². The van der Waals surface area contributed by atoms with Crippen LogP contribution in [0.3, 0.4) is 0 Å². The van der Waals surface area contributed by atoms with E-state index in [2.05, 4.69) is 16.8 Å². The molecule has 0 aliphatic carbocycles. The lowest BCUT2D eigenvalue weighted by atomic mass is 10.1. The summed E-state index contributed by atoms with van der Waals surface area (Å²) in [6.07, 6.45) is 0. The van der Waals surface area contributed by atoms with Gasteiger partial charge in [-0.3, -0.25) is 5.41 Å². The van der Waals surface area contributed by atoms with Crippen molar-refractivity contribution in [2.75, 3.05) is 31.7 Å². The molecule has 0 unspecified atom stereocenters. The van der Waals surface area contributed by atoms with E-state index in [0.717, 1.165) is 35.7 Å². The Balaban J connectivity index is 3.22. The quantitative estimate of drug-likeness (QED) is 0.592. The number of likely N-dealkylation sites (N-methyl/N-ethyl adjacent to an activating group) is 1. The summed E-state index contributed by atoms with van der Waals surface area (Å²) >= 11 is 0. The average molecular weight is 250 g/mol. The van der Waals surface area contributed by atoms with Crippen LogP contribution in [-0.2, 0) is 4.74 Å². The molecule has 1 rings (SSSR count). The minimum Gasteiger partial charge on any atom is -0.384 e. The number of ether oxygens (including phenoxy) is 1. The third-order valence-corrected chi connectivity index (χ3v) is 2.84. The largest absolute Gasteiger partial charge is 0.384 e.